The number of likely N-dealkylation sites (tertiary alicyclic amines) is 1. The zero-order valence-electron chi connectivity index (χ0n) is 7.68. The van der Waals surface area contributed by atoms with E-state index in [4.69, 9.17) is 5.73 Å². The number of piperidine rings is 1. The lowest BCUT2D eigenvalue weighted by molar-refractivity contribution is -0.186. The molecule has 0 bridgehead atoms. The summed E-state index contributed by atoms with van der Waals surface area (Å²) >= 11 is 0. The molecule has 6 heteroatoms. The normalized spacial score (nSPS) is 19.9. The van der Waals surface area contributed by atoms with Crippen LogP contribution in [0.2, 0.25) is 0 Å². The molecule has 82 valence electrons. The molecule has 0 unspecified atom stereocenters. The highest BCUT2D eigenvalue weighted by molar-refractivity contribution is 5.78. The molecule has 0 aromatic rings. The van der Waals surface area contributed by atoms with Gasteiger partial charge >= 0.3 is 6.18 Å². The van der Waals surface area contributed by atoms with Crippen LogP contribution in [0.25, 0.3) is 0 Å². The number of carbonyl (C=O) groups excluding carboxylic acids is 1. The summed E-state index contributed by atoms with van der Waals surface area (Å²) in [5.41, 5.74) is 5.11. The van der Waals surface area contributed by atoms with Gasteiger partial charge in [-0.05, 0) is 12.8 Å². The van der Waals surface area contributed by atoms with Crippen LogP contribution in [-0.4, -0.2) is 36.6 Å². The van der Waals surface area contributed by atoms with Crippen LogP contribution in [-0.2, 0) is 4.79 Å². The maximum Gasteiger partial charge on any atom is 0.391 e. The maximum atomic E-state index is 12.2. The molecule has 1 amide bonds. The lowest BCUT2D eigenvalue weighted by Crippen LogP contribution is -2.44. The third kappa shape index (κ3) is 2.60. The molecule has 0 aromatic carbocycles. The molecule has 14 heavy (non-hydrogen) atoms. The van der Waals surface area contributed by atoms with Crippen LogP contribution in [0.3, 0.4) is 0 Å². The molecular formula is C8H13F3N2O. The van der Waals surface area contributed by atoms with Crippen LogP contribution in [0.15, 0.2) is 0 Å². The molecule has 0 atom stereocenters. The molecule has 0 saturated carbocycles. The van der Waals surface area contributed by atoms with E-state index in [0.29, 0.717) is 0 Å². The van der Waals surface area contributed by atoms with Gasteiger partial charge in [-0.2, -0.15) is 13.2 Å². The van der Waals surface area contributed by atoms with Crippen LogP contribution >= 0.6 is 0 Å². The molecular weight excluding hydrogens is 197 g/mol. The first kappa shape index (κ1) is 11.3. The number of alkyl halides is 3. The highest BCUT2D eigenvalue weighted by Gasteiger charge is 2.41. The highest BCUT2D eigenvalue weighted by Crippen LogP contribution is 2.33. The van der Waals surface area contributed by atoms with Gasteiger partial charge in [-0.3, -0.25) is 4.79 Å². The Morgan fingerprint density at radius 1 is 1.36 bits per heavy atom. The Labute approximate surface area is 80.0 Å². The highest BCUT2D eigenvalue weighted by atomic mass is 19.4. The second kappa shape index (κ2) is 4.16. The van der Waals surface area contributed by atoms with Crippen molar-refractivity contribution in [3.05, 3.63) is 0 Å². The van der Waals surface area contributed by atoms with Crippen molar-refractivity contribution in [3.8, 4) is 0 Å². The Kier molecular flexibility index (Phi) is 3.36. The summed E-state index contributed by atoms with van der Waals surface area (Å²) in [6.07, 6.45) is -4.14. The van der Waals surface area contributed by atoms with E-state index >= 15 is 0 Å². The SMILES string of the molecule is NCC(=O)N1CCC(C(F)(F)F)CC1. The predicted molar refractivity (Wildman–Crippen MR) is 44.4 cm³/mol. The minimum Gasteiger partial charge on any atom is -0.342 e. The van der Waals surface area contributed by atoms with E-state index in [9.17, 15) is 18.0 Å². The van der Waals surface area contributed by atoms with E-state index in [1.807, 2.05) is 0 Å². The molecule has 0 radical (unpaired) electrons. The Balaban J connectivity index is 2.43. The largest absolute Gasteiger partial charge is 0.391 e. The van der Waals surface area contributed by atoms with Gasteiger partial charge in [0.25, 0.3) is 0 Å². The van der Waals surface area contributed by atoms with Crippen molar-refractivity contribution in [2.75, 3.05) is 19.6 Å². The summed E-state index contributed by atoms with van der Waals surface area (Å²) in [4.78, 5) is 12.4. The number of carbonyl (C=O) groups is 1. The van der Waals surface area contributed by atoms with Gasteiger partial charge in [0.15, 0.2) is 0 Å². The maximum absolute atomic E-state index is 12.2. The van der Waals surface area contributed by atoms with E-state index < -0.39 is 12.1 Å². The fourth-order valence-corrected chi connectivity index (χ4v) is 1.59. The number of halogens is 3. The summed E-state index contributed by atoms with van der Waals surface area (Å²) in [7, 11) is 0. The van der Waals surface area contributed by atoms with Crippen molar-refractivity contribution < 1.29 is 18.0 Å². The molecule has 2 N–H and O–H groups in total. The average Bonchev–Trinajstić information content (AvgIpc) is 2.15. The van der Waals surface area contributed by atoms with Crippen molar-refractivity contribution in [1.82, 2.24) is 4.90 Å². The molecule has 1 heterocycles. The smallest absolute Gasteiger partial charge is 0.342 e. The number of nitrogens with two attached hydrogens (primary N) is 1. The second-order valence-electron chi connectivity index (χ2n) is 3.40. The summed E-state index contributed by atoms with van der Waals surface area (Å²) < 4.78 is 36.7. The van der Waals surface area contributed by atoms with Crippen molar-refractivity contribution in [2.45, 2.75) is 19.0 Å². The second-order valence-corrected chi connectivity index (χ2v) is 3.40. The topological polar surface area (TPSA) is 46.3 Å². The van der Waals surface area contributed by atoms with Crippen LogP contribution in [0.5, 0.6) is 0 Å². The molecule has 3 nitrogen and oxygen atoms in total. The molecule has 1 saturated heterocycles. The van der Waals surface area contributed by atoms with Crippen LogP contribution < -0.4 is 5.73 Å². The van der Waals surface area contributed by atoms with Gasteiger partial charge in [0.05, 0.1) is 12.5 Å². The molecule has 0 spiro atoms. The summed E-state index contributed by atoms with van der Waals surface area (Å²) in [5, 5.41) is 0. The minimum atomic E-state index is -4.13. The van der Waals surface area contributed by atoms with E-state index in [2.05, 4.69) is 0 Å². The minimum absolute atomic E-state index is 0.00472. The Morgan fingerprint density at radius 2 is 1.86 bits per heavy atom. The van der Waals surface area contributed by atoms with Gasteiger partial charge in [-0.25, -0.2) is 0 Å². The van der Waals surface area contributed by atoms with E-state index in [-0.39, 0.29) is 38.4 Å². The lowest BCUT2D eigenvalue weighted by atomic mass is 9.96. The summed E-state index contributed by atoms with van der Waals surface area (Å²) in [5.74, 6) is -1.53. The van der Waals surface area contributed by atoms with Crippen molar-refractivity contribution in [1.29, 1.82) is 0 Å². The fourth-order valence-electron chi connectivity index (χ4n) is 1.59. The molecule has 1 rings (SSSR count). The first-order valence-electron chi connectivity index (χ1n) is 4.49. The third-order valence-electron chi connectivity index (χ3n) is 2.49. The number of nitrogens with zero attached hydrogens (tertiary/aromatic N) is 1. The Bertz CT molecular complexity index is 209. The van der Waals surface area contributed by atoms with Gasteiger partial charge in [-0.15, -0.1) is 0 Å². The molecule has 0 aliphatic carbocycles. The predicted octanol–water partition coefficient (Wildman–Crippen LogP) is 0.746. The zero-order chi connectivity index (χ0) is 10.8. The number of hydrogen-bond acceptors (Lipinski definition) is 2. The van der Waals surface area contributed by atoms with Crippen molar-refractivity contribution in [3.63, 3.8) is 0 Å². The molecule has 1 aliphatic heterocycles. The monoisotopic (exact) mass is 210 g/mol. The number of amides is 1. The van der Waals surface area contributed by atoms with Crippen LogP contribution in [0.4, 0.5) is 13.2 Å². The summed E-state index contributed by atoms with van der Waals surface area (Å²) in [6, 6.07) is 0. The van der Waals surface area contributed by atoms with Gasteiger partial charge < -0.3 is 10.6 Å². The quantitative estimate of drug-likeness (QED) is 0.694. The number of rotatable bonds is 1. The Morgan fingerprint density at radius 3 is 2.21 bits per heavy atom. The Hall–Kier alpha value is -0.780. The van der Waals surface area contributed by atoms with E-state index in [1.165, 1.54) is 4.90 Å². The summed E-state index contributed by atoms with van der Waals surface area (Å²) in [6.45, 7) is 0.205. The van der Waals surface area contributed by atoms with E-state index in [1.54, 1.807) is 0 Å². The zero-order valence-corrected chi connectivity index (χ0v) is 7.68. The van der Waals surface area contributed by atoms with Crippen LogP contribution in [0.1, 0.15) is 12.8 Å². The first-order chi connectivity index (χ1) is 6.45. The van der Waals surface area contributed by atoms with E-state index in [0.717, 1.165) is 0 Å². The van der Waals surface area contributed by atoms with Crippen molar-refractivity contribution >= 4 is 5.91 Å². The molecule has 1 fully saturated rings. The first-order valence-corrected chi connectivity index (χ1v) is 4.49. The third-order valence-corrected chi connectivity index (χ3v) is 2.49. The van der Waals surface area contributed by atoms with Gasteiger partial charge in [0, 0.05) is 13.1 Å². The average molecular weight is 210 g/mol. The lowest BCUT2D eigenvalue weighted by Gasteiger charge is -2.32. The van der Waals surface area contributed by atoms with Crippen molar-refractivity contribution in [2.24, 2.45) is 11.7 Å². The van der Waals surface area contributed by atoms with Gasteiger partial charge in [0.1, 0.15) is 0 Å². The van der Waals surface area contributed by atoms with Gasteiger partial charge in [-0.1, -0.05) is 0 Å². The fraction of sp³-hybridized carbons (Fsp3) is 0.875. The molecule has 1 aliphatic rings. The molecule has 0 aromatic heterocycles. The number of hydrogen-bond donors (Lipinski definition) is 1. The standard InChI is InChI=1S/C8H13F3N2O/c9-8(10,11)6-1-3-13(4-2-6)7(14)5-12/h6H,1-5,12H2. The van der Waals surface area contributed by atoms with Gasteiger partial charge in [0.2, 0.25) is 5.91 Å². The van der Waals surface area contributed by atoms with Crippen LogP contribution in [0, 0.1) is 5.92 Å².